The van der Waals surface area contributed by atoms with Crippen molar-refractivity contribution in [3.05, 3.63) is 50.6 Å². The number of benzene rings is 1. The van der Waals surface area contributed by atoms with Crippen molar-refractivity contribution < 1.29 is 4.79 Å². The highest BCUT2D eigenvalue weighted by Crippen LogP contribution is 2.34. The van der Waals surface area contributed by atoms with E-state index in [2.05, 4.69) is 15.6 Å². The monoisotopic (exact) mass is 343 g/mol. The van der Waals surface area contributed by atoms with Gasteiger partial charge < -0.3 is 10.6 Å². The molecular formula is C14H12Cl3N3O. The lowest BCUT2D eigenvalue weighted by Crippen LogP contribution is -2.13. The van der Waals surface area contributed by atoms with E-state index >= 15 is 0 Å². The number of nitrogens with zero attached hydrogens (tertiary/aromatic N) is 1. The van der Waals surface area contributed by atoms with Crippen LogP contribution in [0.15, 0.2) is 24.3 Å². The molecule has 2 aromatic rings. The van der Waals surface area contributed by atoms with Gasteiger partial charge in [-0.2, -0.15) is 0 Å². The van der Waals surface area contributed by atoms with Crippen LogP contribution >= 0.6 is 34.8 Å². The molecule has 0 radical (unpaired) electrons. The fourth-order valence-corrected chi connectivity index (χ4v) is 2.69. The summed E-state index contributed by atoms with van der Waals surface area (Å²) >= 11 is 17.9. The molecule has 1 aromatic carbocycles. The molecule has 0 spiro atoms. The lowest BCUT2D eigenvalue weighted by Gasteiger charge is -2.11. The first-order valence-electron chi connectivity index (χ1n) is 6.03. The number of amides is 1. The summed E-state index contributed by atoms with van der Waals surface area (Å²) in [5, 5.41) is 6.54. The van der Waals surface area contributed by atoms with Crippen LogP contribution in [-0.4, -0.2) is 17.9 Å². The van der Waals surface area contributed by atoms with Crippen LogP contribution in [0.2, 0.25) is 15.1 Å². The van der Waals surface area contributed by atoms with Gasteiger partial charge in [0.1, 0.15) is 5.82 Å². The van der Waals surface area contributed by atoms with Crippen LogP contribution in [0.5, 0.6) is 0 Å². The smallest absolute Gasteiger partial charge is 0.255 e. The number of nitrogens with one attached hydrogen (secondary N) is 2. The second kappa shape index (κ2) is 6.52. The van der Waals surface area contributed by atoms with Gasteiger partial charge in [0.05, 0.1) is 15.7 Å². The van der Waals surface area contributed by atoms with E-state index in [9.17, 15) is 4.79 Å². The molecule has 7 heteroatoms. The van der Waals surface area contributed by atoms with Crippen LogP contribution in [0.4, 0.5) is 11.5 Å². The number of pyridine rings is 1. The summed E-state index contributed by atoms with van der Waals surface area (Å²) in [6.45, 7) is 1.81. The maximum Gasteiger partial charge on any atom is 0.255 e. The molecule has 0 fully saturated rings. The molecule has 0 aliphatic carbocycles. The minimum Gasteiger partial charge on any atom is -0.373 e. The molecule has 1 amide bonds. The predicted molar refractivity (Wildman–Crippen MR) is 87.9 cm³/mol. The standard InChI is InChI=1S/C14H12Cl3N3O/c1-7-3-8(4-12(18-2)19-7)14(21)20-13-10(16)5-9(15)6-11(13)17/h3-6H,1-2H3,(H,18,19)(H,20,21). The SMILES string of the molecule is CNc1cc(C(=O)Nc2c(Cl)cc(Cl)cc2Cl)cc(C)n1. The highest BCUT2D eigenvalue weighted by Gasteiger charge is 2.14. The van der Waals surface area contributed by atoms with Gasteiger partial charge in [-0.1, -0.05) is 34.8 Å². The minimum absolute atomic E-state index is 0.278. The summed E-state index contributed by atoms with van der Waals surface area (Å²) in [6, 6.07) is 6.34. The molecule has 0 aliphatic rings. The van der Waals surface area contributed by atoms with Crippen LogP contribution < -0.4 is 10.6 Å². The summed E-state index contributed by atoms with van der Waals surface area (Å²) in [6.07, 6.45) is 0. The second-order valence-electron chi connectivity index (χ2n) is 4.33. The topological polar surface area (TPSA) is 54.0 Å². The number of hydrogen-bond donors (Lipinski definition) is 2. The van der Waals surface area contributed by atoms with Gasteiger partial charge in [0, 0.05) is 23.3 Å². The number of anilines is 2. The van der Waals surface area contributed by atoms with E-state index in [0.717, 1.165) is 5.69 Å². The van der Waals surface area contributed by atoms with Gasteiger partial charge in [0.15, 0.2) is 0 Å². The average molecular weight is 345 g/mol. The summed E-state index contributed by atoms with van der Waals surface area (Å²) < 4.78 is 0. The maximum atomic E-state index is 12.3. The Morgan fingerprint density at radius 3 is 2.29 bits per heavy atom. The van der Waals surface area contributed by atoms with Gasteiger partial charge in [-0.15, -0.1) is 0 Å². The number of carbonyl (C=O) groups excluding carboxylic acids is 1. The van der Waals surface area contributed by atoms with Crippen molar-refractivity contribution in [1.82, 2.24) is 4.98 Å². The molecule has 0 bridgehead atoms. The molecule has 2 N–H and O–H groups in total. The normalized spacial score (nSPS) is 10.3. The van der Waals surface area contributed by atoms with Crippen molar-refractivity contribution >= 4 is 52.2 Å². The zero-order valence-electron chi connectivity index (χ0n) is 11.3. The highest BCUT2D eigenvalue weighted by atomic mass is 35.5. The Bertz CT molecular complexity index is 681. The molecule has 1 heterocycles. The summed E-state index contributed by atoms with van der Waals surface area (Å²) in [5.74, 6) is 0.275. The number of halogens is 3. The summed E-state index contributed by atoms with van der Waals surface area (Å²) in [4.78, 5) is 16.5. The van der Waals surface area contributed by atoms with E-state index < -0.39 is 0 Å². The molecule has 0 saturated carbocycles. The molecule has 0 saturated heterocycles. The first-order valence-corrected chi connectivity index (χ1v) is 7.16. The van der Waals surface area contributed by atoms with Crippen LogP contribution in [0, 0.1) is 6.92 Å². The number of carbonyl (C=O) groups is 1. The van der Waals surface area contributed by atoms with E-state index in [0.29, 0.717) is 22.1 Å². The van der Waals surface area contributed by atoms with E-state index in [1.807, 2.05) is 0 Å². The van der Waals surface area contributed by atoms with Gasteiger partial charge in [-0.3, -0.25) is 4.79 Å². The van der Waals surface area contributed by atoms with Crippen molar-refractivity contribution in [3.63, 3.8) is 0 Å². The van der Waals surface area contributed by atoms with Gasteiger partial charge in [0.25, 0.3) is 5.91 Å². The fraction of sp³-hybridized carbons (Fsp3) is 0.143. The molecule has 0 aliphatic heterocycles. The number of aromatic nitrogens is 1. The number of rotatable bonds is 3. The van der Waals surface area contributed by atoms with Crippen molar-refractivity contribution in [1.29, 1.82) is 0 Å². The summed E-state index contributed by atoms with van der Waals surface area (Å²) in [5.41, 5.74) is 1.50. The zero-order chi connectivity index (χ0) is 15.6. The molecule has 1 aromatic heterocycles. The van der Waals surface area contributed by atoms with Gasteiger partial charge in [-0.25, -0.2) is 4.98 Å². The van der Waals surface area contributed by atoms with E-state index in [1.54, 1.807) is 26.1 Å². The Kier molecular flexibility index (Phi) is 4.93. The van der Waals surface area contributed by atoms with Crippen molar-refractivity contribution in [3.8, 4) is 0 Å². The molecule has 0 atom stereocenters. The van der Waals surface area contributed by atoms with Gasteiger partial charge in [-0.05, 0) is 31.2 Å². The Hall–Kier alpha value is -1.49. The van der Waals surface area contributed by atoms with Crippen LogP contribution in [0.1, 0.15) is 16.1 Å². The first-order chi connectivity index (χ1) is 9.90. The van der Waals surface area contributed by atoms with Crippen molar-refractivity contribution in [2.45, 2.75) is 6.92 Å². The largest absolute Gasteiger partial charge is 0.373 e. The molecule has 4 nitrogen and oxygen atoms in total. The van der Waals surface area contributed by atoms with Crippen molar-refractivity contribution in [2.75, 3.05) is 17.7 Å². The zero-order valence-corrected chi connectivity index (χ0v) is 13.6. The third-order valence-electron chi connectivity index (χ3n) is 2.72. The molecule has 21 heavy (non-hydrogen) atoms. The first kappa shape index (κ1) is 15.9. The highest BCUT2D eigenvalue weighted by molar-refractivity contribution is 6.42. The average Bonchev–Trinajstić information content (AvgIpc) is 2.41. The lowest BCUT2D eigenvalue weighted by atomic mass is 10.2. The summed E-state index contributed by atoms with van der Waals surface area (Å²) in [7, 11) is 1.73. The minimum atomic E-state index is -0.330. The van der Waals surface area contributed by atoms with E-state index in [4.69, 9.17) is 34.8 Å². The predicted octanol–water partition coefficient (Wildman–Crippen LogP) is 4.64. The Labute approximate surface area is 137 Å². The van der Waals surface area contributed by atoms with E-state index in [-0.39, 0.29) is 16.0 Å². The third kappa shape index (κ3) is 3.79. The number of aryl methyl sites for hydroxylation is 1. The van der Waals surface area contributed by atoms with Gasteiger partial charge in [0.2, 0.25) is 0 Å². The van der Waals surface area contributed by atoms with Gasteiger partial charge >= 0.3 is 0 Å². The molecule has 2 rings (SSSR count). The molecule has 110 valence electrons. The second-order valence-corrected chi connectivity index (χ2v) is 5.58. The number of hydrogen-bond acceptors (Lipinski definition) is 3. The van der Waals surface area contributed by atoms with Crippen molar-refractivity contribution in [2.24, 2.45) is 0 Å². The van der Waals surface area contributed by atoms with Crippen LogP contribution in [0.3, 0.4) is 0 Å². The quantitative estimate of drug-likeness (QED) is 0.852. The maximum absolute atomic E-state index is 12.3. The third-order valence-corrected chi connectivity index (χ3v) is 3.53. The Balaban J connectivity index is 2.32. The molecular weight excluding hydrogens is 333 g/mol. The van der Waals surface area contributed by atoms with Crippen LogP contribution in [0.25, 0.3) is 0 Å². The lowest BCUT2D eigenvalue weighted by molar-refractivity contribution is 0.102. The molecule has 0 unspecified atom stereocenters. The van der Waals surface area contributed by atoms with E-state index in [1.165, 1.54) is 12.1 Å². The Morgan fingerprint density at radius 1 is 1.10 bits per heavy atom. The Morgan fingerprint density at radius 2 is 1.71 bits per heavy atom. The van der Waals surface area contributed by atoms with Crippen LogP contribution in [-0.2, 0) is 0 Å². The fourth-order valence-electron chi connectivity index (χ4n) is 1.78.